The number of terminal acetylenes is 2. The van der Waals surface area contributed by atoms with Gasteiger partial charge < -0.3 is 9.47 Å². The maximum absolute atomic E-state index is 11.8. The van der Waals surface area contributed by atoms with E-state index in [1.165, 1.54) is 7.05 Å². The highest BCUT2D eigenvalue weighted by Crippen LogP contribution is 2.12. The molecule has 1 atom stereocenters. The Labute approximate surface area is 107 Å². The van der Waals surface area contributed by atoms with Gasteiger partial charge in [0.25, 0.3) is 0 Å². The van der Waals surface area contributed by atoms with E-state index in [2.05, 4.69) is 11.8 Å². The molecule has 0 N–H and O–H groups in total. The predicted molar refractivity (Wildman–Crippen MR) is 66.4 cm³/mol. The molecule has 0 saturated carbocycles. The van der Waals surface area contributed by atoms with Gasteiger partial charge in [0.1, 0.15) is 6.04 Å². The van der Waals surface area contributed by atoms with Crippen LogP contribution < -0.4 is 0 Å². The largest absolute Gasteiger partial charge is 0.451 e. The maximum atomic E-state index is 11.8. The van der Waals surface area contributed by atoms with Crippen LogP contribution in [0.3, 0.4) is 0 Å². The quantitative estimate of drug-likeness (QED) is 0.538. The lowest BCUT2D eigenvalue weighted by atomic mass is 10.0. The summed E-state index contributed by atoms with van der Waals surface area (Å²) >= 11 is 0. The lowest BCUT2D eigenvalue weighted by Gasteiger charge is -2.28. The molecule has 18 heavy (non-hydrogen) atoms. The van der Waals surface area contributed by atoms with E-state index >= 15 is 0 Å². The average Bonchev–Trinajstić information content (AvgIpc) is 2.32. The zero-order valence-electron chi connectivity index (χ0n) is 10.8. The van der Waals surface area contributed by atoms with Crippen molar-refractivity contribution >= 4 is 12.1 Å². The molecule has 0 bridgehead atoms. The second-order valence-corrected chi connectivity index (χ2v) is 3.87. The number of likely N-dealkylation sites (N-methyl/N-ethyl adjacent to an activating group) is 1. The molecule has 0 rings (SSSR count). The van der Waals surface area contributed by atoms with Crippen molar-refractivity contribution in [3.8, 4) is 24.7 Å². The van der Waals surface area contributed by atoms with E-state index in [1.807, 2.05) is 0 Å². The van der Waals surface area contributed by atoms with Crippen LogP contribution in [0.1, 0.15) is 13.8 Å². The van der Waals surface area contributed by atoms with Gasteiger partial charge >= 0.3 is 12.1 Å². The summed E-state index contributed by atoms with van der Waals surface area (Å²) in [7, 11) is 1.45. The van der Waals surface area contributed by atoms with E-state index in [-0.39, 0.29) is 19.1 Å². The van der Waals surface area contributed by atoms with Gasteiger partial charge in [-0.05, 0) is 5.92 Å². The van der Waals surface area contributed by atoms with Crippen molar-refractivity contribution in [3.63, 3.8) is 0 Å². The number of hydrogen-bond donors (Lipinski definition) is 0. The van der Waals surface area contributed by atoms with E-state index in [0.717, 1.165) is 4.90 Å². The summed E-state index contributed by atoms with van der Waals surface area (Å²) < 4.78 is 9.57. The number of esters is 1. The van der Waals surface area contributed by atoms with Crippen LogP contribution in [0.4, 0.5) is 4.79 Å². The smallest absolute Gasteiger partial charge is 0.411 e. The minimum Gasteiger partial charge on any atom is -0.451 e. The first kappa shape index (κ1) is 15.9. The van der Waals surface area contributed by atoms with Crippen LogP contribution in [0.2, 0.25) is 0 Å². The van der Waals surface area contributed by atoms with Crippen molar-refractivity contribution in [2.45, 2.75) is 19.9 Å². The summed E-state index contributed by atoms with van der Waals surface area (Å²) in [4.78, 5) is 24.5. The molecule has 98 valence electrons. The van der Waals surface area contributed by atoms with Crippen LogP contribution in [0.25, 0.3) is 0 Å². The lowest BCUT2D eigenvalue weighted by molar-refractivity contribution is -0.149. The number of carbonyl (C=O) groups is 2. The fourth-order valence-electron chi connectivity index (χ4n) is 1.39. The summed E-state index contributed by atoms with van der Waals surface area (Å²) in [5.74, 6) is 3.66. The second-order valence-electron chi connectivity index (χ2n) is 3.87. The van der Waals surface area contributed by atoms with Gasteiger partial charge in [0.15, 0.2) is 13.2 Å². The number of nitrogens with zero attached hydrogens (tertiary/aromatic N) is 1. The van der Waals surface area contributed by atoms with Crippen molar-refractivity contribution < 1.29 is 19.1 Å². The molecule has 0 aliphatic heterocycles. The predicted octanol–water partition coefficient (Wildman–Crippen LogP) is 0.889. The van der Waals surface area contributed by atoms with Gasteiger partial charge in [-0.25, -0.2) is 9.59 Å². The molecule has 0 aromatic heterocycles. The first-order valence-corrected chi connectivity index (χ1v) is 5.38. The number of carbonyl (C=O) groups excluding carboxylic acids is 2. The average molecular weight is 251 g/mol. The lowest BCUT2D eigenvalue weighted by Crippen LogP contribution is -2.46. The van der Waals surface area contributed by atoms with Gasteiger partial charge in [-0.2, -0.15) is 0 Å². The van der Waals surface area contributed by atoms with Crippen molar-refractivity contribution in [2.75, 3.05) is 20.3 Å². The molecule has 5 heteroatoms. The molecular formula is C13H17NO4. The minimum absolute atomic E-state index is 0.130. The molecular weight excluding hydrogens is 234 g/mol. The van der Waals surface area contributed by atoms with Gasteiger partial charge in [0.05, 0.1) is 0 Å². The summed E-state index contributed by atoms with van der Waals surface area (Å²) in [5, 5.41) is 0. The van der Waals surface area contributed by atoms with Gasteiger partial charge in [-0.15, -0.1) is 12.8 Å². The highest BCUT2D eigenvalue weighted by atomic mass is 16.6. The van der Waals surface area contributed by atoms with Gasteiger partial charge in [0, 0.05) is 7.05 Å². The molecule has 0 aromatic rings. The Hall–Kier alpha value is -2.14. The third kappa shape index (κ3) is 4.80. The van der Waals surface area contributed by atoms with Crippen LogP contribution in [-0.4, -0.2) is 43.3 Å². The van der Waals surface area contributed by atoms with Crippen molar-refractivity contribution in [1.82, 2.24) is 4.90 Å². The highest BCUT2D eigenvalue weighted by molar-refractivity contribution is 5.81. The molecule has 0 fully saturated rings. The Morgan fingerprint density at radius 3 is 2.11 bits per heavy atom. The third-order valence-electron chi connectivity index (χ3n) is 2.15. The zero-order chi connectivity index (χ0) is 14.1. The standard InChI is InChI=1S/C13H17NO4/c1-6-8-17-12(15)11(10(3)4)14(5)13(16)18-9-7-2/h1-2,10-11H,8-9H2,3-5H3. The molecule has 0 heterocycles. The first-order chi connectivity index (χ1) is 8.45. The maximum Gasteiger partial charge on any atom is 0.411 e. The van der Waals surface area contributed by atoms with Crippen molar-refractivity contribution in [2.24, 2.45) is 5.92 Å². The van der Waals surface area contributed by atoms with Crippen LogP contribution in [0, 0.1) is 30.6 Å². The third-order valence-corrected chi connectivity index (χ3v) is 2.15. The van der Waals surface area contributed by atoms with Crippen LogP contribution in [-0.2, 0) is 14.3 Å². The van der Waals surface area contributed by atoms with E-state index in [1.54, 1.807) is 13.8 Å². The van der Waals surface area contributed by atoms with E-state index in [9.17, 15) is 9.59 Å². The Bertz CT molecular complexity index is 375. The fraction of sp³-hybridized carbons (Fsp3) is 0.538. The Morgan fingerprint density at radius 2 is 1.67 bits per heavy atom. The molecule has 0 aliphatic rings. The molecule has 0 spiro atoms. The topological polar surface area (TPSA) is 55.8 Å². The Kier molecular flexibility index (Phi) is 7.07. The molecule has 1 unspecified atom stereocenters. The summed E-state index contributed by atoms with van der Waals surface area (Å²) in [6, 6.07) is -0.761. The molecule has 0 saturated heterocycles. The Morgan fingerprint density at radius 1 is 1.17 bits per heavy atom. The summed E-state index contributed by atoms with van der Waals surface area (Å²) in [5.41, 5.74) is 0. The second kappa shape index (κ2) is 8.03. The number of hydrogen-bond acceptors (Lipinski definition) is 4. The summed E-state index contributed by atoms with van der Waals surface area (Å²) in [6.45, 7) is 3.29. The number of ether oxygens (including phenoxy) is 2. The molecule has 1 amide bonds. The molecule has 0 aromatic carbocycles. The van der Waals surface area contributed by atoms with E-state index < -0.39 is 18.1 Å². The number of rotatable bonds is 5. The Balaban J connectivity index is 4.69. The van der Waals surface area contributed by atoms with Gasteiger partial charge in [-0.3, -0.25) is 4.90 Å². The highest BCUT2D eigenvalue weighted by Gasteiger charge is 2.31. The number of amides is 1. The van der Waals surface area contributed by atoms with E-state index in [4.69, 9.17) is 22.3 Å². The van der Waals surface area contributed by atoms with Gasteiger partial charge in [0.2, 0.25) is 0 Å². The van der Waals surface area contributed by atoms with Crippen molar-refractivity contribution in [1.29, 1.82) is 0 Å². The fourth-order valence-corrected chi connectivity index (χ4v) is 1.39. The monoisotopic (exact) mass is 251 g/mol. The SMILES string of the molecule is C#CCOC(=O)C(C(C)C)N(C)C(=O)OCC#C. The van der Waals surface area contributed by atoms with Crippen molar-refractivity contribution in [3.05, 3.63) is 0 Å². The molecule has 0 radical (unpaired) electrons. The van der Waals surface area contributed by atoms with E-state index in [0.29, 0.717) is 0 Å². The minimum atomic E-state index is -0.761. The zero-order valence-corrected chi connectivity index (χ0v) is 10.8. The van der Waals surface area contributed by atoms with Gasteiger partial charge in [-0.1, -0.05) is 25.7 Å². The summed E-state index contributed by atoms with van der Waals surface area (Å²) in [6.07, 6.45) is 9.30. The molecule has 0 aliphatic carbocycles. The van der Waals surface area contributed by atoms with Crippen LogP contribution >= 0.6 is 0 Å². The molecule has 5 nitrogen and oxygen atoms in total. The first-order valence-electron chi connectivity index (χ1n) is 5.38. The van der Waals surface area contributed by atoms with Crippen LogP contribution in [0.15, 0.2) is 0 Å². The van der Waals surface area contributed by atoms with Crippen LogP contribution in [0.5, 0.6) is 0 Å². The normalized spacial score (nSPS) is 11.0.